The fourth-order valence-corrected chi connectivity index (χ4v) is 1.02. The Balaban J connectivity index is 3.10. The van der Waals surface area contributed by atoms with Gasteiger partial charge in [-0.05, 0) is 29.3 Å². The summed E-state index contributed by atoms with van der Waals surface area (Å²) < 4.78 is 49.4. The van der Waals surface area contributed by atoms with Gasteiger partial charge in [-0.2, -0.15) is 13.2 Å². The number of halogens is 4. The van der Waals surface area contributed by atoms with Crippen LogP contribution in [-0.2, 0) is 12.7 Å². The van der Waals surface area contributed by atoms with Gasteiger partial charge in [-0.15, -0.1) is 0 Å². The van der Waals surface area contributed by atoms with E-state index in [0.29, 0.717) is 6.07 Å². The van der Waals surface area contributed by atoms with Crippen molar-refractivity contribution in [3.8, 4) is 0 Å². The van der Waals surface area contributed by atoms with E-state index in [2.05, 4.69) is 10.0 Å². The third-order valence-electron chi connectivity index (χ3n) is 1.60. The lowest BCUT2D eigenvalue weighted by Gasteiger charge is -2.07. The summed E-state index contributed by atoms with van der Waals surface area (Å²) in [6.07, 6.45) is -4.60. The van der Waals surface area contributed by atoms with Gasteiger partial charge in [0.15, 0.2) is 0 Å². The molecule has 1 rings (SSSR count). The summed E-state index contributed by atoms with van der Waals surface area (Å²) in [7, 11) is 0. The Morgan fingerprint density at radius 3 is 2.47 bits per heavy atom. The molecule has 0 amide bonds. The zero-order valence-electron chi connectivity index (χ0n) is 7.29. The predicted molar refractivity (Wildman–Crippen MR) is 44.3 cm³/mol. The molecule has 0 atom stereocenters. The summed E-state index contributed by atoms with van der Waals surface area (Å²) in [5, 5.41) is 3.05. The third-order valence-corrected chi connectivity index (χ3v) is 1.60. The second kappa shape index (κ2) is 4.18. The summed E-state index contributed by atoms with van der Waals surface area (Å²) in [6, 6.07) is 2.03. The van der Waals surface area contributed by atoms with Crippen molar-refractivity contribution in [3.63, 3.8) is 0 Å². The van der Waals surface area contributed by atoms with Crippen molar-refractivity contribution in [2.45, 2.75) is 12.7 Å². The summed E-state index contributed by atoms with van der Waals surface area (Å²) in [5.74, 6) is -1.01. The van der Waals surface area contributed by atoms with Gasteiger partial charge < -0.3 is 0 Å². The zero-order valence-corrected chi connectivity index (χ0v) is 7.29. The molecule has 1 aromatic carbocycles. The van der Waals surface area contributed by atoms with Crippen molar-refractivity contribution in [1.82, 2.24) is 0 Å². The second-order valence-electron chi connectivity index (χ2n) is 2.73. The van der Waals surface area contributed by atoms with Crippen molar-refractivity contribution in [2.24, 2.45) is 5.11 Å². The van der Waals surface area contributed by atoms with E-state index in [-0.39, 0.29) is 12.1 Å². The molecule has 0 unspecified atom stereocenters. The van der Waals surface area contributed by atoms with Crippen molar-refractivity contribution in [3.05, 3.63) is 45.6 Å². The lowest BCUT2D eigenvalue weighted by molar-refractivity contribution is -0.137. The van der Waals surface area contributed by atoms with Gasteiger partial charge in [0, 0.05) is 4.91 Å². The smallest absolute Gasteiger partial charge is 0.207 e. The molecule has 0 aromatic heterocycles. The fourth-order valence-electron chi connectivity index (χ4n) is 1.02. The van der Waals surface area contributed by atoms with E-state index < -0.39 is 17.6 Å². The van der Waals surface area contributed by atoms with Gasteiger partial charge in [0.25, 0.3) is 0 Å². The Labute approximate surface area is 82.0 Å². The molecule has 0 N–H and O–H groups in total. The highest BCUT2D eigenvalue weighted by Crippen LogP contribution is 2.30. The van der Waals surface area contributed by atoms with Gasteiger partial charge >= 0.3 is 6.18 Å². The number of hydrogen-bond donors (Lipinski definition) is 0. The summed E-state index contributed by atoms with van der Waals surface area (Å²) in [5.41, 5.74) is 6.86. The van der Waals surface area contributed by atoms with Crippen molar-refractivity contribution < 1.29 is 17.6 Å². The SMILES string of the molecule is [N-]=[N+]=NCc1cc(F)cc(C(F)(F)F)c1. The molecule has 80 valence electrons. The molecule has 15 heavy (non-hydrogen) atoms. The van der Waals surface area contributed by atoms with Crippen LogP contribution in [0.15, 0.2) is 23.3 Å². The molecule has 0 aliphatic rings. The molecule has 0 bridgehead atoms. The molecule has 0 spiro atoms. The van der Waals surface area contributed by atoms with Crippen LogP contribution in [0.3, 0.4) is 0 Å². The molecule has 7 heteroatoms. The Bertz CT molecular complexity index is 407. The number of hydrogen-bond acceptors (Lipinski definition) is 1. The van der Waals surface area contributed by atoms with Gasteiger partial charge in [0.1, 0.15) is 5.82 Å². The van der Waals surface area contributed by atoms with Gasteiger partial charge in [-0.3, -0.25) is 0 Å². The minimum atomic E-state index is -4.60. The van der Waals surface area contributed by atoms with Gasteiger partial charge in [-0.1, -0.05) is 5.11 Å². The normalized spacial score (nSPS) is 10.9. The Kier molecular flexibility index (Phi) is 3.16. The van der Waals surface area contributed by atoms with E-state index in [1.807, 2.05) is 0 Å². The monoisotopic (exact) mass is 219 g/mol. The molecule has 0 aliphatic carbocycles. The van der Waals surface area contributed by atoms with Gasteiger partial charge in [-0.25, -0.2) is 4.39 Å². The van der Waals surface area contributed by atoms with Gasteiger partial charge in [0.2, 0.25) is 0 Å². The first kappa shape index (κ1) is 11.3. The lowest BCUT2D eigenvalue weighted by atomic mass is 10.1. The van der Waals surface area contributed by atoms with Crippen LogP contribution >= 0.6 is 0 Å². The predicted octanol–water partition coefficient (Wildman–Crippen LogP) is 3.65. The first-order valence-corrected chi connectivity index (χ1v) is 3.81. The van der Waals surface area contributed by atoms with E-state index in [1.54, 1.807) is 0 Å². The van der Waals surface area contributed by atoms with Crippen LogP contribution in [0, 0.1) is 5.82 Å². The molecule has 0 aliphatic heterocycles. The first-order valence-electron chi connectivity index (χ1n) is 3.81. The molecular weight excluding hydrogens is 214 g/mol. The largest absolute Gasteiger partial charge is 0.416 e. The van der Waals surface area contributed by atoms with E-state index in [0.717, 1.165) is 12.1 Å². The van der Waals surface area contributed by atoms with Crippen LogP contribution in [0.1, 0.15) is 11.1 Å². The van der Waals surface area contributed by atoms with Crippen LogP contribution in [0.2, 0.25) is 0 Å². The average molecular weight is 219 g/mol. The minimum Gasteiger partial charge on any atom is -0.207 e. The van der Waals surface area contributed by atoms with Crippen LogP contribution in [0.25, 0.3) is 10.4 Å². The molecule has 1 aromatic rings. The van der Waals surface area contributed by atoms with Crippen LogP contribution in [-0.4, -0.2) is 0 Å². The number of benzene rings is 1. The van der Waals surface area contributed by atoms with Crippen LogP contribution in [0.4, 0.5) is 17.6 Å². The van der Waals surface area contributed by atoms with Crippen molar-refractivity contribution in [2.75, 3.05) is 0 Å². The summed E-state index contributed by atoms with van der Waals surface area (Å²) >= 11 is 0. The average Bonchev–Trinajstić information content (AvgIpc) is 2.12. The molecule has 0 saturated carbocycles. The van der Waals surface area contributed by atoms with E-state index in [9.17, 15) is 17.6 Å². The zero-order chi connectivity index (χ0) is 11.5. The maximum atomic E-state index is 12.8. The highest BCUT2D eigenvalue weighted by molar-refractivity contribution is 5.26. The fraction of sp³-hybridized carbons (Fsp3) is 0.250. The molecule has 0 fully saturated rings. The van der Waals surface area contributed by atoms with Crippen molar-refractivity contribution in [1.29, 1.82) is 0 Å². The highest BCUT2D eigenvalue weighted by atomic mass is 19.4. The third kappa shape index (κ3) is 3.14. The molecule has 0 heterocycles. The molecular formula is C8H5F4N3. The molecule has 3 nitrogen and oxygen atoms in total. The highest BCUT2D eigenvalue weighted by Gasteiger charge is 2.31. The van der Waals surface area contributed by atoms with Crippen LogP contribution in [0.5, 0.6) is 0 Å². The lowest BCUT2D eigenvalue weighted by Crippen LogP contribution is -2.06. The van der Waals surface area contributed by atoms with Crippen molar-refractivity contribution >= 4 is 0 Å². The maximum Gasteiger partial charge on any atom is 0.416 e. The number of azide groups is 1. The molecule has 0 radical (unpaired) electrons. The van der Waals surface area contributed by atoms with Crippen LogP contribution < -0.4 is 0 Å². The topological polar surface area (TPSA) is 48.8 Å². The standard InChI is InChI=1S/C8H5F4N3/c9-7-2-5(4-14-15-13)1-6(3-7)8(10,11)12/h1-3H,4H2. The Hall–Kier alpha value is -1.75. The minimum absolute atomic E-state index is 0.0138. The van der Waals surface area contributed by atoms with E-state index >= 15 is 0 Å². The number of nitrogens with zero attached hydrogens (tertiary/aromatic N) is 3. The van der Waals surface area contributed by atoms with E-state index in [4.69, 9.17) is 5.53 Å². The van der Waals surface area contributed by atoms with E-state index in [1.165, 1.54) is 0 Å². The number of alkyl halides is 3. The molecule has 0 saturated heterocycles. The maximum absolute atomic E-state index is 12.8. The Morgan fingerprint density at radius 2 is 1.93 bits per heavy atom. The summed E-state index contributed by atoms with van der Waals surface area (Å²) in [6.45, 7) is -0.308. The summed E-state index contributed by atoms with van der Waals surface area (Å²) in [4.78, 5) is 2.37. The quantitative estimate of drug-likeness (QED) is 0.315. The van der Waals surface area contributed by atoms with Gasteiger partial charge in [0.05, 0.1) is 12.1 Å². The number of rotatable bonds is 2. The Morgan fingerprint density at radius 1 is 1.27 bits per heavy atom. The second-order valence-corrected chi connectivity index (χ2v) is 2.73. The first-order chi connectivity index (χ1) is 6.93.